The Kier molecular flexibility index (Phi) is 4.76. The van der Waals surface area contributed by atoms with Crippen LogP contribution in [0.4, 0.5) is 4.79 Å². The van der Waals surface area contributed by atoms with Crippen LogP contribution in [-0.4, -0.2) is 37.5 Å². The number of carbonyl (C=O) groups excluding carboxylic acids is 2. The van der Waals surface area contributed by atoms with Crippen LogP contribution in [0.2, 0.25) is 0 Å². The van der Waals surface area contributed by atoms with Crippen LogP contribution in [-0.2, 0) is 9.53 Å². The maximum absolute atomic E-state index is 10.9. The molecule has 0 aliphatic heterocycles. The minimum absolute atomic E-state index is 0.440. The first-order chi connectivity index (χ1) is 5.67. The smallest absolute Gasteiger partial charge is 0.409 e. The molecule has 4 nitrogen and oxygen atoms in total. The van der Waals surface area contributed by atoms with E-state index in [9.17, 15) is 9.59 Å². The molecule has 0 aromatic rings. The van der Waals surface area contributed by atoms with E-state index in [1.165, 1.54) is 19.1 Å². The highest BCUT2D eigenvalue weighted by Crippen LogP contribution is 2.01. The van der Waals surface area contributed by atoms with Crippen LogP contribution < -0.4 is 0 Å². The average molecular weight is 171 g/mol. The molecule has 1 atom stereocenters. The molecule has 0 aromatic carbocycles. The first-order valence-electron chi connectivity index (χ1n) is 3.54. The van der Waals surface area contributed by atoms with Crippen molar-refractivity contribution in [3.8, 4) is 0 Å². The predicted octanol–water partition coefficient (Wildman–Crippen LogP) is 0.828. The van der Waals surface area contributed by atoms with Crippen molar-refractivity contribution in [1.82, 2.24) is 4.90 Å². The minimum Gasteiger partial charge on any atom is -0.453 e. The highest BCUT2D eigenvalue weighted by Gasteiger charge is 2.17. The largest absolute Gasteiger partial charge is 0.453 e. The van der Waals surface area contributed by atoms with E-state index in [0.717, 1.165) is 0 Å². The van der Waals surface area contributed by atoms with Gasteiger partial charge in [-0.05, 0) is 6.42 Å². The third kappa shape index (κ3) is 2.74. The topological polar surface area (TPSA) is 46.6 Å². The number of methoxy groups -OCH3 is 1. The number of ether oxygens (including phenoxy) is 1. The van der Waals surface area contributed by atoms with Crippen molar-refractivity contribution in [3.05, 3.63) is 12.7 Å². The monoisotopic (exact) mass is 171 g/mol. The zero-order chi connectivity index (χ0) is 9.56. The maximum atomic E-state index is 10.9. The van der Waals surface area contributed by atoms with E-state index in [2.05, 4.69) is 11.3 Å². The summed E-state index contributed by atoms with van der Waals surface area (Å²) in [5.41, 5.74) is 0. The fraction of sp³-hybridized carbons (Fsp3) is 0.500. The Morgan fingerprint density at radius 2 is 2.33 bits per heavy atom. The van der Waals surface area contributed by atoms with Gasteiger partial charge in [-0.15, -0.1) is 6.58 Å². The molecule has 1 unspecified atom stereocenters. The molecule has 0 aromatic heterocycles. The zero-order valence-corrected chi connectivity index (χ0v) is 7.32. The van der Waals surface area contributed by atoms with Gasteiger partial charge in [0, 0.05) is 7.05 Å². The summed E-state index contributed by atoms with van der Waals surface area (Å²) < 4.78 is 4.43. The van der Waals surface area contributed by atoms with Crippen molar-refractivity contribution >= 4 is 12.4 Å². The Labute approximate surface area is 71.8 Å². The van der Waals surface area contributed by atoms with Gasteiger partial charge >= 0.3 is 6.09 Å². The van der Waals surface area contributed by atoms with Crippen molar-refractivity contribution in [2.75, 3.05) is 14.2 Å². The molecular weight excluding hydrogens is 158 g/mol. The standard InChI is InChI=1S/C8H13NO3/c1-4-5-7(6-10)9(2)8(11)12-3/h4,6-7H,1,5H2,2-3H3. The van der Waals surface area contributed by atoms with Crippen LogP contribution in [0.1, 0.15) is 6.42 Å². The Morgan fingerprint density at radius 1 is 1.75 bits per heavy atom. The lowest BCUT2D eigenvalue weighted by atomic mass is 10.2. The molecule has 0 rings (SSSR count). The van der Waals surface area contributed by atoms with E-state index < -0.39 is 12.1 Å². The third-order valence-electron chi connectivity index (χ3n) is 1.53. The van der Waals surface area contributed by atoms with Gasteiger partial charge in [-0.25, -0.2) is 4.79 Å². The second-order valence-corrected chi connectivity index (χ2v) is 2.31. The molecular formula is C8H13NO3. The Morgan fingerprint density at radius 3 is 2.67 bits per heavy atom. The third-order valence-corrected chi connectivity index (χ3v) is 1.53. The molecule has 0 aliphatic rings. The van der Waals surface area contributed by atoms with Crippen LogP contribution in [0.5, 0.6) is 0 Å². The van der Waals surface area contributed by atoms with Crippen LogP contribution in [0.15, 0.2) is 12.7 Å². The van der Waals surface area contributed by atoms with Crippen molar-refractivity contribution in [2.24, 2.45) is 0 Å². The normalized spacial score (nSPS) is 11.5. The number of hydrogen-bond donors (Lipinski definition) is 0. The van der Waals surface area contributed by atoms with Crippen molar-refractivity contribution in [1.29, 1.82) is 0 Å². The molecule has 0 spiro atoms. The molecule has 12 heavy (non-hydrogen) atoms. The summed E-state index contributed by atoms with van der Waals surface area (Å²) in [5, 5.41) is 0. The van der Waals surface area contributed by atoms with Gasteiger partial charge in [-0.3, -0.25) is 0 Å². The highest BCUT2D eigenvalue weighted by molar-refractivity contribution is 5.73. The fourth-order valence-corrected chi connectivity index (χ4v) is 0.755. The molecule has 0 saturated heterocycles. The molecule has 0 N–H and O–H groups in total. The lowest BCUT2D eigenvalue weighted by Crippen LogP contribution is -2.37. The molecule has 0 heterocycles. The molecule has 0 fully saturated rings. The summed E-state index contributed by atoms with van der Waals surface area (Å²) in [6.45, 7) is 3.48. The molecule has 0 bridgehead atoms. The molecule has 68 valence electrons. The molecule has 0 radical (unpaired) electrons. The Balaban J connectivity index is 4.18. The number of carbonyl (C=O) groups is 2. The quantitative estimate of drug-likeness (QED) is 0.465. The van der Waals surface area contributed by atoms with Gasteiger partial charge in [0.1, 0.15) is 6.29 Å². The summed E-state index contributed by atoms with van der Waals surface area (Å²) in [6, 6.07) is -0.477. The van der Waals surface area contributed by atoms with Crippen LogP contribution >= 0.6 is 0 Å². The number of hydrogen-bond acceptors (Lipinski definition) is 3. The zero-order valence-electron chi connectivity index (χ0n) is 7.32. The van der Waals surface area contributed by atoms with Crippen LogP contribution in [0, 0.1) is 0 Å². The van der Waals surface area contributed by atoms with Crippen molar-refractivity contribution in [2.45, 2.75) is 12.5 Å². The van der Waals surface area contributed by atoms with E-state index in [1.54, 1.807) is 6.08 Å². The van der Waals surface area contributed by atoms with Crippen LogP contribution in [0.3, 0.4) is 0 Å². The molecule has 1 amide bonds. The van der Waals surface area contributed by atoms with Gasteiger partial charge in [-0.1, -0.05) is 6.08 Å². The minimum atomic E-state index is -0.519. The number of likely N-dealkylation sites (N-methyl/N-ethyl adjacent to an activating group) is 1. The predicted molar refractivity (Wildman–Crippen MR) is 44.8 cm³/mol. The molecule has 0 saturated carbocycles. The van der Waals surface area contributed by atoms with Gasteiger partial charge in [0.2, 0.25) is 0 Å². The van der Waals surface area contributed by atoms with E-state index in [-0.39, 0.29) is 0 Å². The lowest BCUT2D eigenvalue weighted by Gasteiger charge is -2.20. The fourth-order valence-electron chi connectivity index (χ4n) is 0.755. The summed E-state index contributed by atoms with van der Waals surface area (Å²) in [7, 11) is 2.78. The van der Waals surface area contributed by atoms with Crippen molar-refractivity contribution < 1.29 is 14.3 Å². The van der Waals surface area contributed by atoms with Crippen LogP contribution in [0.25, 0.3) is 0 Å². The van der Waals surface area contributed by atoms with E-state index in [4.69, 9.17) is 0 Å². The maximum Gasteiger partial charge on any atom is 0.409 e. The Hall–Kier alpha value is -1.32. The number of aldehydes is 1. The second kappa shape index (κ2) is 5.35. The summed E-state index contributed by atoms with van der Waals surface area (Å²) in [5.74, 6) is 0. The average Bonchev–Trinajstić information content (AvgIpc) is 2.11. The summed E-state index contributed by atoms with van der Waals surface area (Å²) in [4.78, 5) is 22.6. The first-order valence-corrected chi connectivity index (χ1v) is 3.54. The molecule has 4 heteroatoms. The van der Waals surface area contributed by atoms with Gasteiger partial charge in [0.05, 0.1) is 13.2 Å². The summed E-state index contributed by atoms with van der Waals surface area (Å²) >= 11 is 0. The number of amides is 1. The van der Waals surface area contributed by atoms with Gasteiger partial charge in [0.15, 0.2) is 0 Å². The van der Waals surface area contributed by atoms with E-state index in [1.807, 2.05) is 0 Å². The second-order valence-electron chi connectivity index (χ2n) is 2.31. The van der Waals surface area contributed by atoms with Gasteiger partial charge in [0.25, 0.3) is 0 Å². The SMILES string of the molecule is C=CCC(C=O)N(C)C(=O)OC. The summed E-state index contributed by atoms with van der Waals surface area (Å²) in [6.07, 6.45) is 2.20. The van der Waals surface area contributed by atoms with Gasteiger partial charge in [-0.2, -0.15) is 0 Å². The van der Waals surface area contributed by atoms with E-state index in [0.29, 0.717) is 12.7 Å². The van der Waals surface area contributed by atoms with Crippen molar-refractivity contribution in [3.63, 3.8) is 0 Å². The van der Waals surface area contributed by atoms with E-state index >= 15 is 0 Å². The Bertz CT molecular complexity index is 179. The van der Waals surface area contributed by atoms with Gasteiger partial charge < -0.3 is 14.4 Å². The highest BCUT2D eigenvalue weighted by atomic mass is 16.5. The number of nitrogens with zero attached hydrogens (tertiary/aromatic N) is 1. The lowest BCUT2D eigenvalue weighted by molar-refractivity contribution is -0.111. The number of rotatable bonds is 4. The first kappa shape index (κ1) is 10.7. The molecule has 0 aliphatic carbocycles.